The Labute approximate surface area is 140 Å². The number of rotatable bonds is 6. The maximum absolute atomic E-state index is 12.8. The molecule has 0 amide bonds. The minimum absolute atomic E-state index is 0.146. The van der Waals surface area contributed by atoms with Gasteiger partial charge in [0.15, 0.2) is 6.29 Å². The number of nitro benzene ring substituents is 1. The van der Waals surface area contributed by atoms with E-state index in [1.807, 2.05) is 0 Å². The number of halogens is 3. The number of nitrogens with zero attached hydrogens (tertiary/aromatic N) is 1. The van der Waals surface area contributed by atoms with E-state index < -0.39 is 34.7 Å². The lowest BCUT2D eigenvalue weighted by Gasteiger charge is -2.21. The van der Waals surface area contributed by atoms with Gasteiger partial charge in [-0.15, -0.1) is 0 Å². The summed E-state index contributed by atoms with van der Waals surface area (Å²) in [5.74, 6) is 0. The number of anilines is 1. The lowest BCUT2D eigenvalue weighted by Crippen LogP contribution is -2.19. The molecule has 0 aliphatic heterocycles. The van der Waals surface area contributed by atoms with Crippen molar-refractivity contribution in [3.8, 4) is 0 Å². The Hall–Kier alpha value is -2.65. The molecule has 0 aliphatic rings. The van der Waals surface area contributed by atoms with Gasteiger partial charge in [0.05, 0.1) is 16.5 Å². The van der Waals surface area contributed by atoms with Crippen LogP contribution in [0.3, 0.4) is 0 Å². The minimum Gasteiger partial charge on any atom is -0.372 e. The first-order chi connectivity index (χ1) is 11.7. The third kappa shape index (κ3) is 4.91. The molecule has 2 rings (SSSR count). The molecule has 1 atom stereocenters. The molecule has 1 unspecified atom stereocenters. The van der Waals surface area contributed by atoms with Crippen LogP contribution < -0.4 is 5.32 Å². The molecule has 3 N–H and O–H groups in total. The normalized spacial score (nSPS) is 12.9. The highest BCUT2D eigenvalue weighted by Gasteiger charge is 2.33. The van der Waals surface area contributed by atoms with Crippen LogP contribution in [-0.2, 0) is 6.18 Å². The molecule has 0 heterocycles. The van der Waals surface area contributed by atoms with E-state index in [1.165, 1.54) is 0 Å². The fourth-order valence-electron chi connectivity index (χ4n) is 2.34. The zero-order chi connectivity index (χ0) is 18.6. The average Bonchev–Trinajstić information content (AvgIpc) is 2.53. The molecule has 2 aromatic rings. The van der Waals surface area contributed by atoms with Crippen LogP contribution >= 0.6 is 0 Å². The number of hydrogen-bond acceptors (Lipinski definition) is 5. The van der Waals surface area contributed by atoms with Gasteiger partial charge in [-0.05, 0) is 17.7 Å². The van der Waals surface area contributed by atoms with Gasteiger partial charge in [0, 0.05) is 12.5 Å². The molecule has 0 fully saturated rings. The topological polar surface area (TPSA) is 95.6 Å². The Bertz CT molecular complexity index is 736. The zero-order valence-electron chi connectivity index (χ0n) is 12.8. The summed E-state index contributed by atoms with van der Waals surface area (Å²) < 4.78 is 38.3. The predicted octanol–water partition coefficient (Wildman–Crippen LogP) is 3.47. The van der Waals surface area contributed by atoms with E-state index in [4.69, 9.17) is 0 Å². The monoisotopic (exact) mass is 356 g/mol. The number of hydrogen-bond donors (Lipinski definition) is 3. The zero-order valence-corrected chi connectivity index (χ0v) is 12.8. The summed E-state index contributed by atoms with van der Waals surface area (Å²) >= 11 is 0. The van der Waals surface area contributed by atoms with Gasteiger partial charge in [0.1, 0.15) is 5.69 Å². The van der Waals surface area contributed by atoms with Gasteiger partial charge in [-0.1, -0.05) is 30.3 Å². The Morgan fingerprint density at radius 2 is 1.76 bits per heavy atom. The van der Waals surface area contributed by atoms with E-state index in [9.17, 15) is 33.5 Å². The third-order valence-corrected chi connectivity index (χ3v) is 3.50. The Morgan fingerprint density at radius 1 is 1.12 bits per heavy atom. The van der Waals surface area contributed by atoms with Gasteiger partial charge in [-0.3, -0.25) is 10.1 Å². The molecular formula is C16H15F3N2O4. The summed E-state index contributed by atoms with van der Waals surface area (Å²) in [6, 6.07) is 9.83. The summed E-state index contributed by atoms with van der Waals surface area (Å²) in [6.45, 7) is 0. The molecule has 9 heteroatoms. The molecule has 0 saturated heterocycles. The Balaban J connectivity index is 2.40. The maximum Gasteiger partial charge on any atom is 0.416 e. The minimum atomic E-state index is -4.70. The lowest BCUT2D eigenvalue weighted by molar-refractivity contribution is -0.384. The van der Waals surface area contributed by atoms with Crippen molar-refractivity contribution >= 4 is 11.4 Å². The fraction of sp³-hybridized carbons (Fsp3) is 0.250. The number of benzene rings is 2. The number of aliphatic hydroxyl groups is 2. The molecular weight excluding hydrogens is 341 g/mol. The summed E-state index contributed by atoms with van der Waals surface area (Å²) in [5.41, 5.74) is -1.43. The van der Waals surface area contributed by atoms with Crippen LogP contribution in [0.25, 0.3) is 0 Å². The molecule has 0 bridgehead atoms. The van der Waals surface area contributed by atoms with Crippen molar-refractivity contribution in [3.05, 3.63) is 69.8 Å². The van der Waals surface area contributed by atoms with Crippen LogP contribution in [0, 0.1) is 10.1 Å². The first kappa shape index (κ1) is 18.7. The van der Waals surface area contributed by atoms with Crippen LogP contribution in [0.2, 0.25) is 0 Å². The van der Waals surface area contributed by atoms with Gasteiger partial charge in [0.2, 0.25) is 0 Å². The highest BCUT2D eigenvalue weighted by atomic mass is 19.4. The van der Waals surface area contributed by atoms with Crippen molar-refractivity contribution in [1.29, 1.82) is 0 Å². The Morgan fingerprint density at radius 3 is 2.28 bits per heavy atom. The van der Waals surface area contributed by atoms with Crippen LogP contribution in [-0.4, -0.2) is 21.4 Å². The molecule has 0 radical (unpaired) electrons. The SMILES string of the molecule is O=[N+]([O-])c1cc(C(F)(F)F)ccc1NC(CC(O)O)c1ccccc1. The molecule has 6 nitrogen and oxygen atoms in total. The standard InChI is InChI=1S/C16H15F3N2O4/c17-16(18,19)11-6-7-12(14(8-11)21(24)25)20-13(9-15(22)23)10-4-2-1-3-5-10/h1-8,13,15,20,22-23H,9H2. The van der Waals surface area contributed by atoms with Crippen molar-refractivity contribution in [3.63, 3.8) is 0 Å². The number of nitrogens with one attached hydrogen (secondary N) is 1. The predicted molar refractivity (Wildman–Crippen MR) is 83.7 cm³/mol. The maximum atomic E-state index is 12.8. The van der Waals surface area contributed by atoms with Crippen LogP contribution in [0.4, 0.5) is 24.5 Å². The van der Waals surface area contributed by atoms with Crippen molar-refractivity contribution in [2.75, 3.05) is 5.32 Å². The van der Waals surface area contributed by atoms with E-state index in [1.54, 1.807) is 30.3 Å². The van der Waals surface area contributed by atoms with Gasteiger partial charge in [-0.25, -0.2) is 0 Å². The molecule has 0 spiro atoms. The summed E-state index contributed by atoms with van der Waals surface area (Å²) in [6.07, 6.45) is -6.61. The van der Waals surface area contributed by atoms with E-state index in [-0.39, 0.29) is 12.1 Å². The first-order valence-corrected chi connectivity index (χ1v) is 7.21. The van der Waals surface area contributed by atoms with Crippen molar-refractivity contribution < 1.29 is 28.3 Å². The molecule has 25 heavy (non-hydrogen) atoms. The highest BCUT2D eigenvalue weighted by molar-refractivity contribution is 5.63. The number of aliphatic hydroxyl groups excluding tert-OH is 1. The first-order valence-electron chi connectivity index (χ1n) is 7.21. The van der Waals surface area contributed by atoms with Crippen molar-refractivity contribution in [2.45, 2.75) is 24.9 Å². The molecule has 0 aliphatic carbocycles. The Kier molecular flexibility index (Phi) is 5.60. The summed E-state index contributed by atoms with van der Waals surface area (Å²) in [5, 5.41) is 32.3. The van der Waals surface area contributed by atoms with Crippen LogP contribution in [0.15, 0.2) is 48.5 Å². The van der Waals surface area contributed by atoms with Crippen LogP contribution in [0.1, 0.15) is 23.6 Å². The molecule has 2 aromatic carbocycles. The third-order valence-electron chi connectivity index (χ3n) is 3.50. The van der Waals surface area contributed by atoms with E-state index >= 15 is 0 Å². The summed E-state index contributed by atoms with van der Waals surface area (Å²) in [7, 11) is 0. The van der Waals surface area contributed by atoms with Gasteiger partial charge in [-0.2, -0.15) is 13.2 Å². The van der Waals surface area contributed by atoms with E-state index in [0.29, 0.717) is 11.6 Å². The van der Waals surface area contributed by atoms with Gasteiger partial charge < -0.3 is 15.5 Å². The second-order valence-corrected chi connectivity index (χ2v) is 5.31. The van der Waals surface area contributed by atoms with E-state index in [0.717, 1.165) is 12.1 Å². The van der Waals surface area contributed by atoms with Crippen molar-refractivity contribution in [2.24, 2.45) is 0 Å². The number of alkyl halides is 3. The van der Waals surface area contributed by atoms with Crippen LogP contribution in [0.5, 0.6) is 0 Å². The van der Waals surface area contributed by atoms with E-state index in [2.05, 4.69) is 5.32 Å². The number of nitro groups is 1. The largest absolute Gasteiger partial charge is 0.416 e. The molecule has 0 saturated carbocycles. The van der Waals surface area contributed by atoms with Crippen molar-refractivity contribution in [1.82, 2.24) is 0 Å². The average molecular weight is 356 g/mol. The second kappa shape index (κ2) is 7.49. The quantitative estimate of drug-likeness (QED) is 0.418. The fourth-order valence-corrected chi connectivity index (χ4v) is 2.34. The highest BCUT2D eigenvalue weighted by Crippen LogP contribution is 2.36. The van der Waals surface area contributed by atoms with Gasteiger partial charge >= 0.3 is 6.18 Å². The molecule has 0 aromatic heterocycles. The smallest absolute Gasteiger partial charge is 0.372 e. The van der Waals surface area contributed by atoms with Gasteiger partial charge in [0.25, 0.3) is 5.69 Å². The second-order valence-electron chi connectivity index (χ2n) is 5.31. The summed E-state index contributed by atoms with van der Waals surface area (Å²) in [4.78, 5) is 10.2. The molecule has 134 valence electrons. The lowest BCUT2D eigenvalue weighted by atomic mass is 10.0.